The summed E-state index contributed by atoms with van der Waals surface area (Å²) in [5, 5.41) is 3.78. The van der Waals surface area contributed by atoms with E-state index in [1.54, 1.807) is 0 Å². The molecule has 25 heavy (non-hydrogen) atoms. The Morgan fingerprint density at radius 1 is 1.16 bits per heavy atom. The summed E-state index contributed by atoms with van der Waals surface area (Å²) in [4.78, 5) is 7.39. The monoisotopic (exact) mass is 334 g/mol. The highest BCUT2D eigenvalue weighted by atomic mass is 16.5. The Morgan fingerprint density at radius 3 is 2.80 bits per heavy atom. The third-order valence-corrected chi connectivity index (χ3v) is 4.55. The van der Waals surface area contributed by atoms with Gasteiger partial charge in [0.25, 0.3) is 0 Å². The molecular weight excluding hydrogens is 316 g/mol. The van der Waals surface area contributed by atoms with Gasteiger partial charge in [-0.05, 0) is 54.6 Å². The van der Waals surface area contributed by atoms with Gasteiger partial charge in [0.05, 0.1) is 12.7 Å². The minimum Gasteiger partial charge on any atom is -0.436 e. The first kappa shape index (κ1) is 15.7. The lowest BCUT2D eigenvalue weighted by atomic mass is 10.1. The fourth-order valence-corrected chi connectivity index (χ4v) is 3.20. The van der Waals surface area contributed by atoms with E-state index in [4.69, 9.17) is 14.7 Å². The van der Waals surface area contributed by atoms with Crippen molar-refractivity contribution in [1.29, 1.82) is 0 Å². The molecule has 1 saturated carbocycles. The summed E-state index contributed by atoms with van der Waals surface area (Å²) >= 11 is 0. The number of hydrogen-bond acceptors (Lipinski definition) is 4. The molecule has 1 fully saturated rings. The molecule has 0 aliphatic heterocycles. The topological polar surface area (TPSA) is 84.0 Å². The standard InChI is InChI=1S/C19H18N4O2/c20-23-22-15-9-10-16(11-15)24-12-13-5-7-14(8-6-13)19-21-17-3-1-2-4-18(17)25-19/h1-8,15-16H,9-12H2/t15-,16-/m1/s1. The number of aromatic nitrogens is 1. The first-order chi connectivity index (χ1) is 12.3. The van der Waals surface area contributed by atoms with E-state index in [1.807, 2.05) is 48.5 Å². The Hall–Kier alpha value is -2.82. The third kappa shape index (κ3) is 3.50. The van der Waals surface area contributed by atoms with Crippen LogP contribution in [0.5, 0.6) is 0 Å². The summed E-state index contributed by atoms with van der Waals surface area (Å²) in [5.74, 6) is 0.627. The molecule has 0 N–H and O–H groups in total. The molecule has 6 nitrogen and oxygen atoms in total. The van der Waals surface area contributed by atoms with E-state index in [2.05, 4.69) is 15.0 Å². The summed E-state index contributed by atoms with van der Waals surface area (Å²) < 4.78 is 11.7. The number of nitrogens with zero attached hydrogens (tertiary/aromatic N) is 4. The smallest absolute Gasteiger partial charge is 0.227 e. The summed E-state index contributed by atoms with van der Waals surface area (Å²) in [6.45, 7) is 0.557. The molecule has 0 bridgehead atoms. The number of ether oxygens (including phenoxy) is 1. The zero-order valence-electron chi connectivity index (χ0n) is 13.7. The first-order valence-corrected chi connectivity index (χ1v) is 8.42. The normalized spacial score (nSPS) is 19.8. The molecular formula is C19H18N4O2. The number of para-hydroxylation sites is 2. The van der Waals surface area contributed by atoms with Gasteiger partial charge in [-0.2, -0.15) is 0 Å². The van der Waals surface area contributed by atoms with Crippen LogP contribution in [0.1, 0.15) is 24.8 Å². The van der Waals surface area contributed by atoms with Crippen molar-refractivity contribution in [3.05, 3.63) is 64.5 Å². The molecule has 6 heteroatoms. The van der Waals surface area contributed by atoms with Crippen LogP contribution in [0.25, 0.3) is 33.0 Å². The highest BCUT2D eigenvalue weighted by Gasteiger charge is 2.24. The van der Waals surface area contributed by atoms with Gasteiger partial charge in [0, 0.05) is 16.5 Å². The Balaban J connectivity index is 1.39. The van der Waals surface area contributed by atoms with Crippen molar-refractivity contribution < 1.29 is 9.15 Å². The van der Waals surface area contributed by atoms with Crippen LogP contribution in [0, 0.1) is 0 Å². The lowest BCUT2D eigenvalue weighted by molar-refractivity contribution is 0.0448. The van der Waals surface area contributed by atoms with E-state index in [9.17, 15) is 0 Å². The van der Waals surface area contributed by atoms with Gasteiger partial charge in [0.2, 0.25) is 5.89 Å². The average molecular weight is 334 g/mol. The van der Waals surface area contributed by atoms with E-state index >= 15 is 0 Å². The van der Waals surface area contributed by atoms with E-state index in [0.29, 0.717) is 12.5 Å². The fourth-order valence-electron chi connectivity index (χ4n) is 3.20. The van der Waals surface area contributed by atoms with Gasteiger partial charge in [0.1, 0.15) is 5.52 Å². The average Bonchev–Trinajstić information content (AvgIpc) is 3.27. The van der Waals surface area contributed by atoms with Gasteiger partial charge in [-0.25, -0.2) is 4.98 Å². The first-order valence-electron chi connectivity index (χ1n) is 8.42. The Bertz CT molecular complexity index is 880. The SMILES string of the molecule is [N-]=[N+]=N[C@@H]1CC[C@@H](OCc2ccc(-c3nc4ccccc4o3)cc2)C1. The van der Waals surface area contributed by atoms with Gasteiger partial charge in [-0.1, -0.05) is 29.4 Å². The third-order valence-electron chi connectivity index (χ3n) is 4.55. The second-order valence-corrected chi connectivity index (χ2v) is 6.29. The van der Waals surface area contributed by atoms with Crippen LogP contribution >= 0.6 is 0 Å². The van der Waals surface area contributed by atoms with Gasteiger partial charge < -0.3 is 9.15 Å². The number of hydrogen-bond donors (Lipinski definition) is 0. The number of benzene rings is 2. The maximum absolute atomic E-state index is 8.49. The van der Waals surface area contributed by atoms with E-state index in [0.717, 1.165) is 41.5 Å². The molecule has 0 radical (unpaired) electrons. The minimum atomic E-state index is 0.0801. The number of rotatable bonds is 5. The van der Waals surface area contributed by atoms with Crippen LogP contribution in [0.15, 0.2) is 58.1 Å². The van der Waals surface area contributed by atoms with Crippen LogP contribution in [0.3, 0.4) is 0 Å². The number of oxazole rings is 1. The van der Waals surface area contributed by atoms with Crippen molar-refractivity contribution in [2.24, 2.45) is 5.11 Å². The van der Waals surface area contributed by atoms with E-state index in [-0.39, 0.29) is 12.1 Å². The summed E-state index contributed by atoms with van der Waals surface area (Å²) in [5.41, 5.74) is 12.2. The van der Waals surface area contributed by atoms with Crippen LogP contribution in [0.4, 0.5) is 0 Å². The molecule has 2 atom stereocenters. The lowest BCUT2D eigenvalue weighted by Gasteiger charge is -2.11. The second-order valence-electron chi connectivity index (χ2n) is 6.29. The zero-order chi connectivity index (χ0) is 17.1. The summed E-state index contributed by atoms with van der Waals surface area (Å²) in [6.07, 6.45) is 2.84. The molecule has 1 aromatic heterocycles. The van der Waals surface area contributed by atoms with Gasteiger partial charge in [0.15, 0.2) is 5.58 Å². The van der Waals surface area contributed by atoms with Crippen LogP contribution in [-0.4, -0.2) is 17.1 Å². The van der Waals surface area contributed by atoms with Crippen molar-refractivity contribution in [1.82, 2.24) is 4.98 Å². The molecule has 1 heterocycles. The zero-order valence-corrected chi connectivity index (χ0v) is 13.7. The van der Waals surface area contributed by atoms with Gasteiger partial charge >= 0.3 is 0 Å². The molecule has 0 spiro atoms. The maximum atomic E-state index is 8.49. The maximum Gasteiger partial charge on any atom is 0.227 e. The molecule has 126 valence electrons. The summed E-state index contributed by atoms with van der Waals surface area (Å²) in [6, 6.07) is 15.9. The van der Waals surface area contributed by atoms with Crippen molar-refractivity contribution in [2.45, 2.75) is 38.0 Å². The Morgan fingerprint density at radius 2 is 2.00 bits per heavy atom. The molecule has 1 aliphatic rings. The molecule has 0 amide bonds. The quantitative estimate of drug-likeness (QED) is 0.363. The fraction of sp³-hybridized carbons (Fsp3) is 0.316. The largest absolute Gasteiger partial charge is 0.436 e. The van der Waals surface area contributed by atoms with Crippen molar-refractivity contribution in [2.75, 3.05) is 0 Å². The van der Waals surface area contributed by atoms with Gasteiger partial charge in [-0.3, -0.25) is 0 Å². The minimum absolute atomic E-state index is 0.0801. The predicted octanol–water partition coefficient (Wildman–Crippen LogP) is 5.24. The molecule has 2 aromatic carbocycles. The molecule has 0 unspecified atom stereocenters. The number of azide groups is 1. The van der Waals surface area contributed by atoms with Crippen molar-refractivity contribution in [3.63, 3.8) is 0 Å². The van der Waals surface area contributed by atoms with Crippen molar-refractivity contribution >= 4 is 11.1 Å². The predicted molar refractivity (Wildman–Crippen MR) is 94.8 cm³/mol. The molecule has 3 aromatic rings. The lowest BCUT2D eigenvalue weighted by Crippen LogP contribution is -2.09. The van der Waals surface area contributed by atoms with Gasteiger partial charge in [-0.15, -0.1) is 0 Å². The highest BCUT2D eigenvalue weighted by Crippen LogP contribution is 2.27. The highest BCUT2D eigenvalue weighted by molar-refractivity contribution is 5.75. The Labute approximate surface area is 145 Å². The molecule has 1 aliphatic carbocycles. The summed E-state index contributed by atoms with van der Waals surface area (Å²) in [7, 11) is 0. The van der Waals surface area contributed by atoms with Crippen LogP contribution in [-0.2, 0) is 11.3 Å². The van der Waals surface area contributed by atoms with E-state index in [1.165, 1.54) is 0 Å². The molecule has 4 rings (SSSR count). The van der Waals surface area contributed by atoms with Crippen LogP contribution < -0.4 is 0 Å². The van der Waals surface area contributed by atoms with Crippen molar-refractivity contribution in [3.8, 4) is 11.5 Å². The molecule has 0 saturated heterocycles. The Kier molecular flexibility index (Phi) is 4.37. The van der Waals surface area contributed by atoms with E-state index < -0.39 is 0 Å². The van der Waals surface area contributed by atoms with Crippen LogP contribution in [0.2, 0.25) is 0 Å². The second kappa shape index (κ2) is 6.97. The number of fused-ring (bicyclic) bond motifs is 1.